The number of aromatic carboxylic acids is 1. The van der Waals surface area contributed by atoms with Crippen molar-refractivity contribution < 1.29 is 9.90 Å². The van der Waals surface area contributed by atoms with Gasteiger partial charge in [0.15, 0.2) is 0 Å². The van der Waals surface area contributed by atoms with Crippen molar-refractivity contribution in [3.8, 4) is 0 Å². The number of hydrogen-bond donors (Lipinski definition) is 1. The maximum Gasteiger partial charge on any atom is 0.341 e. The number of fused-ring (bicyclic) bond motifs is 2. The molecular formula is C20H18N2O3. The number of nitrogens with zero attached hydrogens (tertiary/aromatic N) is 2. The topological polar surface area (TPSA) is 62.0 Å². The molecule has 0 atom stereocenters. The molecule has 0 unspecified atom stereocenters. The Morgan fingerprint density at radius 3 is 2.64 bits per heavy atom. The van der Waals surface area contributed by atoms with Crippen LogP contribution in [0.4, 0.5) is 0 Å². The fraction of sp³-hybridized carbons (Fsp3) is 0.200. The van der Waals surface area contributed by atoms with Gasteiger partial charge in [0, 0.05) is 25.8 Å². The molecule has 0 spiro atoms. The van der Waals surface area contributed by atoms with Crippen LogP contribution in [-0.2, 0) is 19.5 Å². The van der Waals surface area contributed by atoms with E-state index in [1.54, 1.807) is 12.3 Å². The zero-order valence-electron chi connectivity index (χ0n) is 13.7. The van der Waals surface area contributed by atoms with E-state index in [0.717, 1.165) is 30.6 Å². The predicted molar refractivity (Wildman–Crippen MR) is 94.9 cm³/mol. The molecule has 1 aromatic carbocycles. The molecule has 0 saturated carbocycles. The summed E-state index contributed by atoms with van der Waals surface area (Å²) < 4.78 is 1.43. The van der Waals surface area contributed by atoms with E-state index in [-0.39, 0.29) is 5.56 Å². The molecular weight excluding hydrogens is 316 g/mol. The standard InChI is InChI=1S/C20H18N2O3/c23-19-17(20(24)25)11-16(18-7-3-4-9-22(18)19)13-21-10-8-14-5-1-2-6-15(14)12-21/h1-7,9,11H,8,10,12-13H2,(H,24,25). The van der Waals surface area contributed by atoms with Crippen LogP contribution in [0.15, 0.2) is 59.5 Å². The van der Waals surface area contributed by atoms with Crippen LogP contribution in [0.25, 0.3) is 5.52 Å². The minimum absolute atomic E-state index is 0.184. The Morgan fingerprint density at radius 2 is 1.84 bits per heavy atom. The lowest BCUT2D eigenvalue weighted by molar-refractivity contribution is 0.0694. The Labute approximate surface area is 144 Å². The van der Waals surface area contributed by atoms with E-state index < -0.39 is 11.5 Å². The zero-order chi connectivity index (χ0) is 17.4. The highest BCUT2D eigenvalue weighted by molar-refractivity contribution is 5.88. The number of carbonyl (C=O) groups is 1. The van der Waals surface area contributed by atoms with E-state index in [0.29, 0.717) is 6.54 Å². The molecule has 5 nitrogen and oxygen atoms in total. The van der Waals surface area contributed by atoms with Crippen molar-refractivity contribution in [2.75, 3.05) is 6.54 Å². The van der Waals surface area contributed by atoms with Crippen molar-refractivity contribution in [1.29, 1.82) is 0 Å². The SMILES string of the molecule is O=C(O)c1cc(CN2CCc3ccccc3C2)c2ccccn2c1=O. The average molecular weight is 334 g/mol. The first-order chi connectivity index (χ1) is 12.1. The molecule has 0 amide bonds. The van der Waals surface area contributed by atoms with Crippen molar-refractivity contribution in [3.05, 3.63) is 87.3 Å². The lowest BCUT2D eigenvalue weighted by atomic mass is 9.99. The molecule has 3 aromatic rings. The van der Waals surface area contributed by atoms with Gasteiger partial charge in [0.05, 0.1) is 5.52 Å². The molecule has 4 rings (SSSR count). The van der Waals surface area contributed by atoms with E-state index in [1.165, 1.54) is 21.6 Å². The highest BCUT2D eigenvalue weighted by Crippen LogP contribution is 2.21. The summed E-state index contributed by atoms with van der Waals surface area (Å²) in [6, 6.07) is 15.4. The van der Waals surface area contributed by atoms with E-state index in [4.69, 9.17) is 0 Å². The van der Waals surface area contributed by atoms with Crippen LogP contribution in [0.2, 0.25) is 0 Å². The Bertz CT molecular complexity index is 1020. The minimum Gasteiger partial charge on any atom is -0.477 e. The third kappa shape index (κ3) is 2.83. The first-order valence-corrected chi connectivity index (χ1v) is 8.29. The fourth-order valence-corrected chi connectivity index (χ4v) is 3.53. The maximum atomic E-state index is 12.3. The van der Waals surface area contributed by atoms with Gasteiger partial charge in [-0.2, -0.15) is 0 Å². The number of rotatable bonds is 3. The summed E-state index contributed by atoms with van der Waals surface area (Å²) in [5, 5.41) is 9.36. The summed E-state index contributed by atoms with van der Waals surface area (Å²) in [5.74, 6) is -1.19. The molecule has 0 bridgehead atoms. The summed E-state index contributed by atoms with van der Waals surface area (Å²) >= 11 is 0. The van der Waals surface area contributed by atoms with Gasteiger partial charge in [-0.15, -0.1) is 0 Å². The summed E-state index contributed by atoms with van der Waals surface area (Å²) in [6.45, 7) is 2.36. The number of aromatic nitrogens is 1. The molecule has 0 fully saturated rings. The van der Waals surface area contributed by atoms with Gasteiger partial charge in [0.25, 0.3) is 5.56 Å². The quantitative estimate of drug-likeness (QED) is 0.800. The molecule has 126 valence electrons. The molecule has 0 radical (unpaired) electrons. The highest BCUT2D eigenvalue weighted by Gasteiger charge is 2.19. The van der Waals surface area contributed by atoms with Crippen LogP contribution in [0, 0.1) is 0 Å². The van der Waals surface area contributed by atoms with E-state index in [1.807, 2.05) is 18.2 Å². The third-order valence-electron chi connectivity index (χ3n) is 4.79. The summed E-state index contributed by atoms with van der Waals surface area (Å²) in [7, 11) is 0. The minimum atomic E-state index is -1.19. The van der Waals surface area contributed by atoms with Gasteiger partial charge in [0.2, 0.25) is 0 Å². The molecule has 1 N–H and O–H groups in total. The van der Waals surface area contributed by atoms with Crippen molar-refractivity contribution in [2.24, 2.45) is 0 Å². The second kappa shape index (κ2) is 6.18. The van der Waals surface area contributed by atoms with Crippen LogP contribution in [0.3, 0.4) is 0 Å². The van der Waals surface area contributed by atoms with Gasteiger partial charge >= 0.3 is 5.97 Å². The van der Waals surface area contributed by atoms with Crippen molar-refractivity contribution >= 4 is 11.5 Å². The summed E-state index contributed by atoms with van der Waals surface area (Å²) in [6.07, 6.45) is 2.60. The van der Waals surface area contributed by atoms with Gasteiger partial charge in [0.1, 0.15) is 5.56 Å². The molecule has 0 aliphatic carbocycles. The summed E-state index contributed by atoms with van der Waals surface area (Å²) in [5.41, 5.74) is 3.63. The van der Waals surface area contributed by atoms with Crippen LogP contribution in [0.1, 0.15) is 27.0 Å². The van der Waals surface area contributed by atoms with Gasteiger partial charge in [-0.1, -0.05) is 30.3 Å². The van der Waals surface area contributed by atoms with Gasteiger partial charge < -0.3 is 5.11 Å². The molecule has 5 heteroatoms. The molecule has 3 heterocycles. The van der Waals surface area contributed by atoms with Crippen LogP contribution in [0.5, 0.6) is 0 Å². The van der Waals surface area contributed by atoms with E-state index in [2.05, 4.69) is 23.1 Å². The Kier molecular flexibility index (Phi) is 3.86. The fourth-order valence-electron chi connectivity index (χ4n) is 3.53. The largest absolute Gasteiger partial charge is 0.477 e. The van der Waals surface area contributed by atoms with Crippen molar-refractivity contribution in [2.45, 2.75) is 19.5 Å². The Morgan fingerprint density at radius 1 is 1.08 bits per heavy atom. The molecule has 0 saturated heterocycles. The Balaban J connectivity index is 1.74. The van der Waals surface area contributed by atoms with Gasteiger partial charge in [-0.3, -0.25) is 14.1 Å². The van der Waals surface area contributed by atoms with Crippen LogP contribution < -0.4 is 5.56 Å². The molecule has 1 aliphatic rings. The highest BCUT2D eigenvalue weighted by atomic mass is 16.4. The van der Waals surface area contributed by atoms with Crippen molar-refractivity contribution in [3.63, 3.8) is 0 Å². The number of benzene rings is 1. The zero-order valence-corrected chi connectivity index (χ0v) is 13.7. The normalized spacial score (nSPS) is 14.4. The lowest BCUT2D eigenvalue weighted by Crippen LogP contribution is -2.31. The Hall–Kier alpha value is -2.92. The number of carboxylic acid groups (broad SMARTS) is 1. The molecule has 1 aliphatic heterocycles. The average Bonchev–Trinajstić information content (AvgIpc) is 2.64. The molecule has 2 aromatic heterocycles. The van der Waals surface area contributed by atoms with Crippen molar-refractivity contribution in [1.82, 2.24) is 9.30 Å². The second-order valence-corrected chi connectivity index (χ2v) is 6.38. The van der Waals surface area contributed by atoms with Crippen LogP contribution in [-0.4, -0.2) is 26.9 Å². The molecule has 25 heavy (non-hydrogen) atoms. The first kappa shape index (κ1) is 15.6. The van der Waals surface area contributed by atoms with Gasteiger partial charge in [-0.25, -0.2) is 4.79 Å². The maximum absolute atomic E-state index is 12.3. The first-order valence-electron chi connectivity index (χ1n) is 8.29. The van der Waals surface area contributed by atoms with E-state index in [9.17, 15) is 14.7 Å². The number of hydrogen-bond acceptors (Lipinski definition) is 3. The third-order valence-corrected chi connectivity index (χ3v) is 4.79. The van der Waals surface area contributed by atoms with E-state index >= 15 is 0 Å². The summed E-state index contributed by atoms with van der Waals surface area (Å²) in [4.78, 5) is 26.1. The number of pyridine rings is 2. The van der Waals surface area contributed by atoms with Crippen LogP contribution >= 0.6 is 0 Å². The predicted octanol–water partition coefficient (Wildman–Crippen LogP) is 2.56. The second-order valence-electron chi connectivity index (χ2n) is 6.38. The smallest absolute Gasteiger partial charge is 0.341 e. The lowest BCUT2D eigenvalue weighted by Gasteiger charge is -2.29. The monoisotopic (exact) mass is 334 g/mol. The number of carboxylic acids is 1. The van der Waals surface area contributed by atoms with Gasteiger partial charge in [-0.05, 0) is 41.3 Å².